The van der Waals surface area contributed by atoms with Gasteiger partial charge in [0.15, 0.2) is 5.43 Å². The van der Waals surface area contributed by atoms with Crippen LogP contribution in [-0.4, -0.2) is 21.2 Å². The van der Waals surface area contributed by atoms with E-state index in [1.54, 1.807) is 12.1 Å². The van der Waals surface area contributed by atoms with Gasteiger partial charge in [-0.05, 0) is 17.2 Å². The van der Waals surface area contributed by atoms with Crippen LogP contribution in [0.4, 0.5) is 0 Å². The minimum atomic E-state index is -1.24. The Balaban J connectivity index is 2.10. The first-order chi connectivity index (χ1) is 11.6. The smallest absolute Gasteiger partial charge is 0.352 e. The molecule has 2 aromatic carbocycles. The lowest BCUT2D eigenvalue weighted by Crippen LogP contribution is -2.12. The number of hydrogen-bond donors (Lipinski definition) is 3. The van der Waals surface area contributed by atoms with Crippen LogP contribution in [0.5, 0.6) is 5.75 Å². The minimum Gasteiger partial charge on any atom is -0.487 e. The van der Waals surface area contributed by atoms with Gasteiger partial charge in [0, 0.05) is 6.07 Å². The van der Waals surface area contributed by atoms with Gasteiger partial charge in [0.05, 0.1) is 17.5 Å². The fourth-order valence-corrected chi connectivity index (χ4v) is 2.51. The fourth-order valence-electron chi connectivity index (χ4n) is 2.51. The molecule has 1 aromatic heterocycles. The molecule has 6 nitrogen and oxygen atoms in total. The summed E-state index contributed by atoms with van der Waals surface area (Å²) in [5.74, 6) is -0.885. The van der Waals surface area contributed by atoms with Crippen molar-refractivity contribution in [2.75, 3.05) is 0 Å². The molecule has 24 heavy (non-hydrogen) atoms. The highest BCUT2D eigenvalue weighted by Gasteiger charge is 2.14. The zero-order valence-corrected chi connectivity index (χ0v) is 12.7. The van der Waals surface area contributed by atoms with Crippen molar-refractivity contribution >= 4 is 16.9 Å². The second-order valence-corrected chi connectivity index (χ2v) is 5.26. The normalized spacial score (nSPS) is 10.7. The van der Waals surface area contributed by atoms with Gasteiger partial charge in [-0.15, -0.1) is 0 Å². The van der Waals surface area contributed by atoms with Gasteiger partial charge in [0.25, 0.3) is 0 Å². The summed E-state index contributed by atoms with van der Waals surface area (Å²) in [7, 11) is 0. The van der Waals surface area contributed by atoms with E-state index in [-0.39, 0.29) is 29.8 Å². The van der Waals surface area contributed by atoms with Crippen LogP contribution in [0.2, 0.25) is 0 Å². The van der Waals surface area contributed by atoms with Gasteiger partial charge in [-0.1, -0.05) is 36.4 Å². The van der Waals surface area contributed by atoms with Crippen LogP contribution in [0.25, 0.3) is 10.9 Å². The van der Waals surface area contributed by atoms with E-state index in [0.717, 1.165) is 11.6 Å². The maximum atomic E-state index is 12.3. The number of aliphatic hydroxyl groups is 1. The predicted octanol–water partition coefficient (Wildman–Crippen LogP) is 2.30. The van der Waals surface area contributed by atoms with Crippen molar-refractivity contribution in [2.45, 2.75) is 13.2 Å². The summed E-state index contributed by atoms with van der Waals surface area (Å²) in [4.78, 5) is 26.2. The minimum absolute atomic E-state index is 0.229. The third-order valence-electron chi connectivity index (χ3n) is 3.67. The van der Waals surface area contributed by atoms with Gasteiger partial charge in [-0.3, -0.25) is 4.79 Å². The van der Waals surface area contributed by atoms with Gasteiger partial charge in [0.2, 0.25) is 0 Å². The number of rotatable bonds is 5. The van der Waals surface area contributed by atoms with Gasteiger partial charge in [-0.2, -0.15) is 0 Å². The van der Waals surface area contributed by atoms with Crippen LogP contribution in [-0.2, 0) is 13.2 Å². The number of carbonyl (C=O) groups is 1. The van der Waals surface area contributed by atoms with Crippen molar-refractivity contribution in [3.8, 4) is 5.75 Å². The Bertz CT molecular complexity index is 947. The Kier molecular flexibility index (Phi) is 4.31. The molecule has 6 heteroatoms. The SMILES string of the molecule is O=C(O)c1cc(=O)c2c(CO)ccc(OCc3ccccc3)c2[nH]1. The molecule has 3 aromatic rings. The summed E-state index contributed by atoms with van der Waals surface area (Å²) < 4.78 is 5.75. The molecule has 122 valence electrons. The van der Waals surface area contributed by atoms with E-state index in [4.69, 9.17) is 9.84 Å². The second-order valence-electron chi connectivity index (χ2n) is 5.26. The molecule has 3 N–H and O–H groups in total. The van der Waals surface area contributed by atoms with Crippen molar-refractivity contribution in [1.82, 2.24) is 4.98 Å². The second kappa shape index (κ2) is 6.55. The van der Waals surface area contributed by atoms with E-state index in [1.807, 2.05) is 30.3 Å². The summed E-state index contributed by atoms with van der Waals surface area (Å²) >= 11 is 0. The number of carboxylic acids is 1. The van der Waals surface area contributed by atoms with E-state index < -0.39 is 11.4 Å². The highest BCUT2D eigenvalue weighted by Crippen LogP contribution is 2.26. The number of aromatic carboxylic acids is 1. The number of aromatic nitrogens is 1. The number of carboxylic acid groups (broad SMARTS) is 1. The average molecular weight is 325 g/mol. The first-order valence-electron chi connectivity index (χ1n) is 7.30. The molecule has 1 heterocycles. The molecule has 0 amide bonds. The third kappa shape index (κ3) is 3.00. The van der Waals surface area contributed by atoms with Crippen molar-refractivity contribution in [3.63, 3.8) is 0 Å². The molecule has 0 unspecified atom stereocenters. The van der Waals surface area contributed by atoms with Gasteiger partial charge >= 0.3 is 5.97 Å². The number of hydrogen-bond acceptors (Lipinski definition) is 4. The lowest BCUT2D eigenvalue weighted by Gasteiger charge is -2.12. The molecule has 0 atom stereocenters. The summed E-state index contributed by atoms with van der Waals surface area (Å²) in [5.41, 5.74) is 0.911. The Morgan fingerprint density at radius 1 is 1.12 bits per heavy atom. The average Bonchev–Trinajstić information content (AvgIpc) is 2.60. The highest BCUT2D eigenvalue weighted by atomic mass is 16.5. The van der Waals surface area contributed by atoms with Gasteiger partial charge in [0.1, 0.15) is 18.1 Å². The maximum Gasteiger partial charge on any atom is 0.352 e. The van der Waals surface area contributed by atoms with E-state index in [1.165, 1.54) is 0 Å². The Hall–Kier alpha value is -3.12. The van der Waals surface area contributed by atoms with Crippen molar-refractivity contribution in [2.24, 2.45) is 0 Å². The zero-order valence-electron chi connectivity index (χ0n) is 12.7. The molecule has 0 aliphatic carbocycles. The summed E-state index contributed by atoms with van der Waals surface area (Å²) in [6.07, 6.45) is 0. The third-order valence-corrected chi connectivity index (χ3v) is 3.67. The van der Waals surface area contributed by atoms with Gasteiger partial charge in [-0.25, -0.2) is 4.79 Å². The van der Waals surface area contributed by atoms with Crippen LogP contribution in [0, 0.1) is 0 Å². The van der Waals surface area contributed by atoms with E-state index in [0.29, 0.717) is 11.3 Å². The Labute approximate surface area is 137 Å². The fraction of sp³-hybridized carbons (Fsp3) is 0.111. The topological polar surface area (TPSA) is 99.6 Å². The molecular formula is C18H15NO5. The van der Waals surface area contributed by atoms with Crippen molar-refractivity contribution in [1.29, 1.82) is 0 Å². The van der Waals surface area contributed by atoms with Crippen molar-refractivity contribution in [3.05, 3.63) is 75.6 Å². The number of benzene rings is 2. The summed E-state index contributed by atoms with van der Waals surface area (Å²) in [6, 6.07) is 13.7. The largest absolute Gasteiger partial charge is 0.487 e. The lowest BCUT2D eigenvalue weighted by molar-refractivity contribution is 0.0691. The molecule has 0 aliphatic rings. The standard InChI is InChI=1S/C18H15NO5/c20-9-12-6-7-15(24-10-11-4-2-1-3-5-11)17-16(12)14(21)8-13(19-17)18(22)23/h1-8,20H,9-10H2,(H,19,21)(H,22,23). The molecule has 0 saturated heterocycles. The molecule has 0 spiro atoms. The number of aromatic amines is 1. The summed E-state index contributed by atoms with van der Waals surface area (Å²) in [6.45, 7) is -0.0568. The molecule has 0 radical (unpaired) electrons. The molecule has 0 aliphatic heterocycles. The lowest BCUT2D eigenvalue weighted by atomic mass is 10.1. The highest BCUT2D eigenvalue weighted by molar-refractivity contribution is 5.93. The van der Waals surface area contributed by atoms with Crippen LogP contribution in [0.1, 0.15) is 21.6 Å². The van der Waals surface area contributed by atoms with Crippen LogP contribution in [0.15, 0.2) is 53.3 Å². The maximum absolute atomic E-state index is 12.3. The molecule has 0 fully saturated rings. The first-order valence-corrected chi connectivity index (χ1v) is 7.30. The molecule has 3 rings (SSSR count). The first kappa shape index (κ1) is 15.8. The number of fused-ring (bicyclic) bond motifs is 1. The molecular weight excluding hydrogens is 310 g/mol. The van der Waals surface area contributed by atoms with E-state index in [2.05, 4.69) is 4.98 Å². The van der Waals surface area contributed by atoms with E-state index >= 15 is 0 Å². The number of ether oxygens (including phenoxy) is 1. The van der Waals surface area contributed by atoms with Crippen molar-refractivity contribution < 1.29 is 19.7 Å². The monoisotopic (exact) mass is 325 g/mol. The van der Waals surface area contributed by atoms with Gasteiger partial charge < -0.3 is 19.9 Å². The number of pyridine rings is 1. The Morgan fingerprint density at radius 3 is 2.54 bits per heavy atom. The van der Waals surface area contributed by atoms with Crippen LogP contribution >= 0.6 is 0 Å². The molecule has 0 saturated carbocycles. The zero-order chi connectivity index (χ0) is 17.1. The number of H-pyrrole nitrogens is 1. The quantitative estimate of drug-likeness (QED) is 0.668. The Morgan fingerprint density at radius 2 is 1.88 bits per heavy atom. The van der Waals surface area contributed by atoms with Crippen LogP contribution in [0.3, 0.4) is 0 Å². The number of aliphatic hydroxyl groups excluding tert-OH is 1. The predicted molar refractivity (Wildman–Crippen MR) is 88.2 cm³/mol. The molecule has 0 bridgehead atoms. The van der Waals surface area contributed by atoms with E-state index in [9.17, 15) is 14.7 Å². The number of nitrogens with one attached hydrogen (secondary N) is 1. The van der Waals surface area contributed by atoms with Crippen LogP contribution < -0.4 is 10.2 Å². The summed E-state index contributed by atoms with van der Waals surface area (Å²) in [5, 5.41) is 18.8.